The average Bonchev–Trinajstić information content (AvgIpc) is 2.39. The number of aromatic nitrogens is 1. The van der Waals surface area contributed by atoms with Crippen LogP contribution in [-0.2, 0) is 0 Å². The van der Waals surface area contributed by atoms with Gasteiger partial charge in [0.2, 0.25) is 0 Å². The zero-order valence-corrected chi connectivity index (χ0v) is 11.1. The topological polar surface area (TPSA) is 68.0 Å². The quantitative estimate of drug-likeness (QED) is 0.828. The van der Waals surface area contributed by atoms with Crippen molar-refractivity contribution < 1.29 is 4.79 Å². The molecule has 0 saturated carbocycles. The van der Waals surface area contributed by atoms with Gasteiger partial charge in [0, 0.05) is 11.4 Å². The van der Waals surface area contributed by atoms with Crippen molar-refractivity contribution in [2.75, 3.05) is 5.73 Å². The molecule has 0 fully saturated rings. The largest absolute Gasteiger partial charge is 0.399 e. The highest BCUT2D eigenvalue weighted by Gasteiger charge is 2.12. The fraction of sp³-hybridized carbons (Fsp3) is 0.200. The van der Waals surface area contributed by atoms with E-state index in [0.717, 1.165) is 11.3 Å². The molecule has 0 aliphatic carbocycles. The first-order valence-electron chi connectivity index (χ1n) is 6.16. The van der Waals surface area contributed by atoms with E-state index in [9.17, 15) is 4.79 Å². The van der Waals surface area contributed by atoms with Crippen LogP contribution in [0.2, 0.25) is 0 Å². The highest BCUT2D eigenvalue weighted by Crippen LogP contribution is 2.14. The number of rotatable bonds is 3. The van der Waals surface area contributed by atoms with Gasteiger partial charge in [-0.3, -0.25) is 4.79 Å². The van der Waals surface area contributed by atoms with Crippen LogP contribution in [-0.4, -0.2) is 10.9 Å². The summed E-state index contributed by atoms with van der Waals surface area (Å²) in [6.45, 7) is 3.79. The minimum absolute atomic E-state index is 0.0876. The van der Waals surface area contributed by atoms with Crippen LogP contribution in [0, 0.1) is 6.92 Å². The van der Waals surface area contributed by atoms with Crippen molar-refractivity contribution in [3.8, 4) is 0 Å². The van der Waals surface area contributed by atoms with E-state index in [2.05, 4.69) is 10.3 Å². The van der Waals surface area contributed by atoms with E-state index in [1.54, 1.807) is 6.07 Å². The lowest BCUT2D eigenvalue weighted by Crippen LogP contribution is -2.27. The highest BCUT2D eigenvalue weighted by molar-refractivity contribution is 5.92. The summed E-state index contributed by atoms with van der Waals surface area (Å²) >= 11 is 0. The van der Waals surface area contributed by atoms with Crippen molar-refractivity contribution >= 4 is 11.6 Å². The summed E-state index contributed by atoms with van der Waals surface area (Å²) in [6, 6.07) is 12.8. The summed E-state index contributed by atoms with van der Waals surface area (Å²) in [5, 5.41) is 2.92. The molecule has 1 atom stereocenters. The van der Waals surface area contributed by atoms with Crippen LogP contribution < -0.4 is 11.1 Å². The lowest BCUT2D eigenvalue weighted by Gasteiger charge is -2.14. The Kier molecular flexibility index (Phi) is 3.80. The molecule has 0 aliphatic heterocycles. The number of anilines is 1. The highest BCUT2D eigenvalue weighted by atomic mass is 16.1. The molecule has 3 N–H and O–H groups in total. The maximum Gasteiger partial charge on any atom is 0.270 e. The summed E-state index contributed by atoms with van der Waals surface area (Å²) < 4.78 is 0. The molecule has 1 heterocycles. The molecule has 4 heteroatoms. The molecule has 1 aromatic heterocycles. The molecular weight excluding hydrogens is 238 g/mol. The lowest BCUT2D eigenvalue weighted by molar-refractivity contribution is 0.0934. The van der Waals surface area contributed by atoms with E-state index < -0.39 is 0 Å². The molecule has 98 valence electrons. The molecule has 1 aromatic carbocycles. The zero-order valence-electron chi connectivity index (χ0n) is 11.1. The van der Waals surface area contributed by atoms with Crippen molar-refractivity contribution in [2.45, 2.75) is 19.9 Å². The number of nitrogens with zero attached hydrogens (tertiary/aromatic N) is 1. The van der Waals surface area contributed by atoms with E-state index in [1.165, 1.54) is 0 Å². The number of hydrogen-bond acceptors (Lipinski definition) is 3. The molecule has 0 aliphatic rings. The summed E-state index contributed by atoms with van der Waals surface area (Å²) in [4.78, 5) is 16.3. The Bertz CT molecular complexity index is 578. The number of amides is 1. The molecule has 4 nitrogen and oxygen atoms in total. The molecule has 2 aromatic rings. The molecule has 0 spiro atoms. The maximum absolute atomic E-state index is 12.0. The van der Waals surface area contributed by atoms with Gasteiger partial charge in [-0.25, -0.2) is 4.98 Å². The molecule has 1 amide bonds. The van der Waals surface area contributed by atoms with Gasteiger partial charge in [-0.05, 0) is 43.7 Å². The van der Waals surface area contributed by atoms with Crippen molar-refractivity contribution in [3.05, 3.63) is 59.4 Å². The summed E-state index contributed by atoms with van der Waals surface area (Å²) in [6.07, 6.45) is 0. The minimum atomic E-state index is -0.173. The van der Waals surface area contributed by atoms with Crippen molar-refractivity contribution in [1.29, 1.82) is 0 Å². The number of carbonyl (C=O) groups is 1. The fourth-order valence-electron chi connectivity index (χ4n) is 1.81. The minimum Gasteiger partial charge on any atom is -0.399 e. The first-order chi connectivity index (χ1) is 9.06. The molecule has 19 heavy (non-hydrogen) atoms. The fourth-order valence-corrected chi connectivity index (χ4v) is 1.81. The Labute approximate surface area is 112 Å². The van der Waals surface area contributed by atoms with Crippen LogP contribution in [0.4, 0.5) is 5.69 Å². The van der Waals surface area contributed by atoms with Crippen molar-refractivity contribution in [1.82, 2.24) is 10.3 Å². The number of carbonyl (C=O) groups excluding carboxylic acids is 1. The number of aryl methyl sites for hydroxylation is 1. The number of nitrogens with two attached hydrogens (primary N) is 1. The number of hydrogen-bond donors (Lipinski definition) is 2. The van der Waals surface area contributed by atoms with Gasteiger partial charge < -0.3 is 11.1 Å². The monoisotopic (exact) mass is 255 g/mol. The van der Waals surface area contributed by atoms with E-state index in [0.29, 0.717) is 11.4 Å². The van der Waals surface area contributed by atoms with Gasteiger partial charge in [-0.2, -0.15) is 0 Å². The lowest BCUT2D eigenvalue weighted by atomic mass is 10.1. The second kappa shape index (κ2) is 5.52. The van der Waals surface area contributed by atoms with E-state index >= 15 is 0 Å². The Morgan fingerprint density at radius 3 is 2.53 bits per heavy atom. The summed E-state index contributed by atoms with van der Waals surface area (Å²) in [5.41, 5.74) is 8.62. The van der Waals surface area contributed by atoms with Crippen LogP contribution in [0.15, 0.2) is 42.5 Å². The van der Waals surface area contributed by atoms with Crippen LogP contribution in [0.1, 0.15) is 34.7 Å². The molecule has 0 bridgehead atoms. The predicted octanol–water partition coefficient (Wildman–Crippen LogP) is 2.46. The summed E-state index contributed by atoms with van der Waals surface area (Å²) in [7, 11) is 0. The third-order valence-corrected chi connectivity index (χ3v) is 2.91. The van der Waals surface area contributed by atoms with Gasteiger partial charge in [0.15, 0.2) is 0 Å². The van der Waals surface area contributed by atoms with Gasteiger partial charge in [-0.1, -0.05) is 18.2 Å². The van der Waals surface area contributed by atoms with Crippen LogP contribution in [0.25, 0.3) is 0 Å². The zero-order chi connectivity index (χ0) is 13.8. The average molecular weight is 255 g/mol. The molecule has 2 rings (SSSR count). The van der Waals surface area contributed by atoms with E-state index in [1.807, 2.05) is 50.2 Å². The normalized spacial score (nSPS) is 11.9. The predicted molar refractivity (Wildman–Crippen MR) is 75.7 cm³/mol. The van der Waals surface area contributed by atoms with E-state index in [4.69, 9.17) is 5.73 Å². The van der Waals surface area contributed by atoms with Gasteiger partial charge in [0.05, 0.1) is 6.04 Å². The van der Waals surface area contributed by atoms with Gasteiger partial charge >= 0.3 is 0 Å². The Hall–Kier alpha value is -2.36. The third-order valence-electron chi connectivity index (χ3n) is 2.91. The standard InChI is InChI=1S/C15H17N3O/c1-10-4-3-5-14(17-10)15(19)18-11(2)12-6-8-13(16)9-7-12/h3-9,11H,16H2,1-2H3,(H,18,19). The smallest absolute Gasteiger partial charge is 0.270 e. The summed E-state index contributed by atoms with van der Waals surface area (Å²) in [5.74, 6) is -0.173. The van der Waals surface area contributed by atoms with Crippen LogP contribution in [0.5, 0.6) is 0 Å². The number of nitrogen functional groups attached to an aromatic ring is 1. The first-order valence-corrected chi connectivity index (χ1v) is 6.16. The molecule has 1 unspecified atom stereocenters. The first kappa shape index (κ1) is 13.1. The molecular formula is C15H17N3O. The molecule has 0 radical (unpaired) electrons. The second-order valence-electron chi connectivity index (χ2n) is 4.53. The van der Waals surface area contributed by atoms with Gasteiger partial charge in [0.1, 0.15) is 5.69 Å². The number of pyridine rings is 1. The number of benzene rings is 1. The van der Waals surface area contributed by atoms with Crippen LogP contribution >= 0.6 is 0 Å². The molecule has 0 saturated heterocycles. The van der Waals surface area contributed by atoms with E-state index in [-0.39, 0.29) is 11.9 Å². The Morgan fingerprint density at radius 2 is 1.89 bits per heavy atom. The Balaban J connectivity index is 2.08. The van der Waals surface area contributed by atoms with Crippen molar-refractivity contribution in [3.63, 3.8) is 0 Å². The SMILES string of the molecule is Cc1cccc(C(=O)NC(C)c2ccc(N)cc2)n1. The maximum atomic E-state index is 12.0. The van der Waals surface area contributed by atoms with Gasteiger partial charge in [-0.15, -0.1) is 0 Å². The Morgan fingerprint density at radius 1 is 1.21 bits per heavy atom. The third kappa shape index (κ3) is 3.31. The number of nitrogens with one attached hydrogen (secondary N) is 1. The van der Waals surface area contributed by atoms with Crippen LogP contribution in [0.3, 0.4) is 0 Å². The van der Waals surface area contributed by atoms with Crippen molar-refractivity contribution in [2.24, 2.45) is 0 Å². The second-order valence-corrected chi connectivity index (χ2v) is 4.53. The van der Waals surface area contributed by atoms with Gasteiger partial charge in [0.25, 0.3) is 5.91 Å².